The monoisotopic (exact) mass is 1370 g/mol. The Kier molecular flexibility index (Phi) is 16.7. The van der Waals surface area contributed by atoms with E-state index in [1.807, 2.05) is 24.3 Å². The topological polar surface area (TPSA) is 139 Å². The highest BCUT2D eigenvalue weighted by Gasteiger charge is 2.49. The van der Waals surface area contributed by atoms with Gasteiger partial charge in [-0.2, -0.15) is 26.3 Å². The summed E-state index contributed by atoms with van der Waals surface area (Å²) in [6.45, 7) is 5.06. The van der Waals surface area contributed by atoms with Crippen LogP contribution in [0.1, 0.15) is 90.6 Å². The summed E-state index contributed by atoms with van der Waals surface area (Å²) in [7, 11) is 0. The van der Waals surface area contributed by atoms with Gasteiger partial charge in [0.25, 0.3) is 11.1 Å². The molecule has 0 saturated heterocycles. The normalized spacial score (nSPS) is 13.9. The van der Waals surface area contributed by atoms with Crippen LogP contribution in [0.3, 0.4) is 0 Å². The molecule has 0 aliphatic carbocycles. The summed E-state index contributed by atoms with van der Waals surface area (Å²) in [5.41, 5.74) is 1.57. The SMILES string of the molecule is CCOC(=O)C1=C(C)C2=C(c3c(-c4ccccc4)cc(OC(=O)Cc4ccc(-n5c(=O)c6cc(-c7ccc(C(F)(F)F)cc7)c7oc8ccccc8c8c(-c9ccc(C(F)(F)F)cc9)cc(c5=O)c6c78)cc4)cc3-c3ccccc3)c3c(C)c(C(=O)OCC)c(CC)n3[B-](F)(F)N2C=C1CC. The zero-order chi connectivity index (χ0) is 71.3. The van der Waals surface area contributed by atoms with Gasteiger partial charge in [0.15, 0.2) is 0 Å². The first-order valence-electron chi connectivity index (χ1n) is 32.7. The molecule has 0 fully saturated rings. The van der Waals surface area contributed by atoms with Gasteiger partial charge in [0.2, 0.25) is 0 Å². The van der Waals surface area contributed by atoms with Crippen LogP contribution in [0.4, 0.5) is 35.0 Å². The Morgan fingerprint density at radius 1 is 0.554 bits per heavy atom. The number of halogens is 8. The lowest BCUT2D eigenvalue weighted by Crippen LogP contribution is -2.55. The fraction of sp³-hybridized carbons (Fsp3) is 0.163. The maximum Gasteiger partial charge on any atom is 0.533 e. The maximum absolute atomic E-state index is 18.3. The molecule has 21 heteroatoms. The first-order valence-corrected chi connectivity index (χ1v) is 32.7. The van der Waals surface area contributed by atoms with Crippen LogP contribution < -0.4 is 15.9 Å². The van der Waals surface area contributed by atoms with E-state index in [1.165, 1.54) is 66.9 Å². The number of benzene rings is 9. The highest BCUT2D eigenvalue weighted by Crippen LogP contribution is 2.54. The van der Waals surface area contributed by atoms with Crippen molar-refractivity contribution in [3.63, 3.8) is 0 Å². The molecule has 12 nitrogen and oxygen atoms in total. The Labute approximate surface area is 571 Å². The highest BCUT2D eigenvalue weighted by atomic mass is 19.4. The second-order valence-corrected chi connectivity index (χ2v) is 24.7. The first kappa shape index (κ1) is 66.6. The van der Waals surface area contributed by atoms with E-state index in [-0.39, 0.29) is 133 Å². The van der Waals surface area contributed by atoms with Crippen molar-refractivity contribution in [1.82, 2.24) is 13.9 Å². The molecule has 5 heterocycles. The van der Waals surface area contributed by atoms with E-state index in [9.17, 15) is 40.7 Å². The van der Waals surface area contributed by atoms with Crippen molar-refractivity contribution in [2.75, 3.05) is 13.2 Å². The number of alkyl halides is 6. The standard InChI is InChI=1S/C80H59BF8N3O9/c1-7-46-42-90-72(43(5)65(46)77(96)98-9-3)71(73-44(6)66(78(97)99-10-4)62(8-2)92(73)81(90,88)89)68-56(47-19-13-11-14-20-47)38-54(39-57(68)48-21-15-12-16-22-48)100-64(93)37-45-25-35-53(36-26-45)91-75(94)60-40-58(49-27-31-51(32-28-49)79(82,83)84)67-55-23-17-18-24-63(55)101-74-59(41-61(76(91)95)69(60)70(67)74)50-29-33-52(34-30-50)80(85,86)87/h11-36,38-42H,7-10,37H2,1-6H3/q-1. The second kappa shape index (κ2) is 25.3. The van der Waals surface area contributed by atoms with Gasteiger partial charge in [-0.1, -0.05) is 129 Å². The van der Waals surface area contributed by atoms with Crippen LogP contribution in [0.15, 0.2) is 225 Å². The van der Waals surface area contributed by atoms with Crippen molar-refractivity contribution >= 4 is 73.9 Å². The van der Waals surface area contributed by atoms with Gasteiger partial charge >= 0.3 is 37.2 Å². The van der Waals surface area contributed by atoms with Gasteiger partial charge in [-0.05, 0) is 180 Å². The molecule has 0 N–H and O–H groups in total. The average molecular weight is 1370 g/mol. The van der Waals surface area contributed by atoms with E-state index in [0.29, 0.717) is 60.9 Å². The van der Waals surface area contributed by atoms with Crippen LogP contribution in [0.5, 0.6) is 5.75 Å². The predicted octanol–water partition coefficient (Wildman–Crippen LogP) is 19.0. The Morgan fingerprint density at radius 2 is 1.08 bits per heavy atom. The number of carbonyl (C=O) groups excluding carboxylic acids is 3. The van der Waals surface area contributed by atoms with Crippen LogP contribution >= 0.6 is 0 Å². The lowest BCUT2D eigenvalue weighted by Gasteiger charge is -2.50. The molecular weight excluding hydrogens is 1310 g/mol. The van der Waals surface area contributed by atoms with Crippen molar-refractivity contribution < 1.29 is 68.0 Å². The number of hydrogen-bond donors (Lipinski definition) is 0. The van der Waals surface area contributed by atoms with Gasteiger partial charge in [-0.25, -0.2) is 14.2 Å². The number of allylic oxidation sites excluding steroid dienone is 1. The van der Waals surface area contributed by atoms with Crippen LogP contribution in [-0.4, -0.2) is 51.9 Å². The van der Waals surface area contributed by atoms with Crippen molar-refractivity contribution in [3.05, 3.63) is 276 Å². The fourth-order valence-corrected chi connectivity index (χ4v) is 14.5. The summed E-state index contributed by atoms with van der Waals surface area (Å²) >= 11 is 0. The molecule has 12 aromatic rings. The molecule has 0 atom stereocenters. The lowest BCUT2D eigenvalue weighted by molar-refractivity contribution is -0.139. The van der Waals surface area contributed by atoms with E-state index in [4.69, 9.17) is 18.6 Å². The summed E-state index contributed by atoms with van der Waals surface area (Å²) in [4.78, 5) is 74.5. The third kappa shape index (κ3) is 11.1. The number of rotatable bonds is 15. The Morgan fingerprint density at radius 3 is 1.62 bits per heavy atom. The van der Waals surface area contributed by atoms with Gasteiger partial charge in [-0.3, -0.25) is 14.4 Å². The minimum absolute atomic E-state index is 0.000864. The van der Waals surface area contributed by atoms with E-state index in [0.717, 1.165) is 38.1 Å². The van der Waals surface area contributed by atoms with Crippen LogP contribution in [0.2, 0.25) is 0 Å². The number of carbonyl (C=O) groups is 3. The van der Waals surface area contributed by atoms with Gasteiger partial charge in [0.05, 0.1) is 47.6 Å². The Bertz CT molecular complexity index is 5550. The number of aromatic nitrogens is 2. The summed E-state index contributed by atoms with van der Waals surface area (Å²) in [5.74, 6) is -2.24. The largest absolute Gasteiger partial charge is 0.533 e. The lowest BCUT2D eigenvalue weighted by atomic mass is 9.75. The number of ether oxygens (including phenoxy) is 3. The molecule has 101 heavy (non-hydrogen) atoms. The van der Waals surface area contributed by atoms with Crippen molar-refractivity contribution in [2.45, 2.75) is 73.2 Å². The molecular formula is C80H59BF8N3O9-. The van der Waals surface area contributed by atoms with Gasteiger partial charge in [0, 0.05) is 60.4 Å². The molecule has 9 aromatic carbocycles. The molecule has 2 aliphatic rings. The Hall–Kier alpha value is -11.6. The minimum atomic E-state index is -4.83. The highest BCUT2D eigenvalue weighted by molar-refractivity contribution is 6.64. The third-order valence-electron chi connectivity index (χ3n) is 18.9. The van der Waals surface area contributed by atoms with Gasteiger partial charge < -0.3 is 36.5 Å². The molecule has 3 aromatic heterocycles. The zero-order valence-electron chi connectivity index (χ0n) is 55.1. The fourth-order valence-electron chi connectivity index (χ4n) is 14.5. The third-order valence-corrected chi connectivity index (χ3v) is 18.9. The summed E-state index contributed by atoms with van der Waals surface area (Å²) in [6, 6.07) is 45.5. The molecule has 14 rings (SSSR count). The molecule has 2 aliphatic heterocycles. The average Bonchev–Trinajstić information content (AvgIpc) is 1.69. The zero-order valence-corrected chi connectivity index (χ0v) is 55.1. The number of para-hydroxylation sites is 1. The number of pyridine rings is 1. The molecule has 508 valence electrons. The molecule has 0 amide bonds. The minimum Gasteiger partial charge on any atom is -0.462 e. The molecule has 0 saturated carbocycles. The predicted molar refractivity (Wildman–Crippen MR) is 373 cm³/mol. The summed E-state index contributed by atoms with van der Waals surface area (Å²) in [6.07, 6.45) is -8.31. The van der Waals surface area contributed by atoms with E-state index >= 15 is 18.2 Å². The van der Waals surface area contributed by atoms with Crippen LogP contribution in [0.25, 0.3) is 99.3 Å². The van der Waals surface area contributed by atoms with Crippen molar-refractivity contribution in [1.29, 1.82) is 0 Å². The van der Waals surface area contributed by atoms with Crippen LogP contribution in [-0.2, 0) is 44.3 Å². The summed E-state index contributed by atoms with van der Waals surface area (Å²) < 4.78 is 147. The number of esters is 3. The van der Waals surface area contributed by atoms with Crippen LogP contribution in [0, 0.1) is 6.92 Å². The number of hydrogen-bond acceptors (Lipinski definition) is 10. The first-order chi connectivity index (χ1) is 48.4. The molecule has 0 bridgehead atoms. The number of fused-ring (bicyclic) bond motifs is 4. The summed E-state index contributed by atoms with van der Waals surface area (Å²) in [5, 5.41) is 1.16. The van der Waals surface area contributed by atoms with Gasteiger partial charge in [-0.15, -0.1) is 0 Å². The number of nitrogens with zero attached hydrogens (tertiary/aromatic N) is 3. The quantitative estimate of drug-likeness (QED) is 0.0243. The maximum atomic E-state index is 18.3. The molecule has 0 radical (unpaired) electrons. The molecule has 0 unspecified atom stereocenters. The van der Waals surface area contributed by atoms with E-state index in [1.54, 1.807) is 114 Å². The van der Waals surface area contributed by atoms with Crippen molar-refractivity contribution in [2.24, 2.45) is 0 Å². The Balaban J connectivity index is 0.915. The second-order valence-electron chi connectivity index (χ2n) is 24.7. The smallest absolute Gasteiger partial charge is 0.462 e. The van der Waals surface area contributed by atoms with Crippen molar-refractivity contribution in [3.8, 4) is 55.9 Å². The van der Waals surface area contributed by atoms with Gasteiger partial charge in [0.1, 0.15) is 16.9 Å². The molecule has 0 spiro atoms. The van der Waals surface area contributed by atoms with E-state index in [2.05, 4.69) is 0 Å². The van der Waals surface area contributed by atoms with E-state index < -0.39 is 59.5 Å².